The quantitative estimate of drug-likeness (QED) is 0.578. The molecule has 0 saturated heterocycles. The molecule has 2 aromatic carbocycles. The molecule has 0 aliphatic carbocycles. The number of carbonyl (C=O) groups excluding carboxylic acids is 2. The summed E-state index contributed by atoms with van der Waals surface area (Å²) in [6.07, 6.45) is 0.709. The van der Waals surface area contributed by atoms with Gasteiger partial charge in [0, 0.05) is 23.4 Å². The van der Waals surface area contributed by atoms with Crippen LogP contribution in [-0.4, -0.2) is 35.2 Å². The van der Waals surface area contributed by atoms with Gasteiger partial charge in [0.2, 0.25) is 0 Å². The van der Waals surface area contributed by atoms with E-state index in [2.05, 4.69) is 5.32 Å². The van der Waals surface area contributed by atoms with Crippen molar-refractivity contribution in [3.05, 3.63) is 59.7 Å². The fourth-order valence-electron chi connectivity index (χ4n) is 2.67. The molecular formula is C18H19N3O4. The second kappa shape index (κ2) is 7.67. The van der Waals surface area contributed by atoms with E-state index < -0.39 is 5.91 Å². The van der Waals surface area contributed by atoms with Crippen molar-refractivity contribution in [2.75, 3.05) is 18.5 Å². The van der Waals surface area contributed by atoms with Gasteiger partial charge in [0.15, 0.2) is 0 Å². The first-order valence-corrected chi connectivity index (χ1v) is 7.98. The van der Waals surface area contributed by atoms with Crippen LogP contribution in [0.1, 0.15) is 22.3 Å². The van der Waals surface area contributed by atoms with E-state index in [9.17, 15) is 9.59 Å². The molecule has 3 amide bonds. The molecule has 0 unspecified atom stereocenters. The lowest BCUT2D eigenvalue weighted by Crippen LogP contribution is -2.37. The summed E-state index contributed by atoms with van der Waals surface area (Å²) in [7, 11) is 0. The largest absolute Gasteiger partial charge is 0.493 e. The van der Waals surface area contributed by atoms with Crippen molar-refractivity contribution >= 4 is 17.6 Å². The molecular weight excluding hydrogens is 322 g/mol. The number of para-hydroxylation sites is 1. The molecule has 0 fully saturated rings. The Morgan fingerprint density at radius 3 is 2.68 bits per heavy atom. The minimum Gasteiger partial charge on any atom is -0.493 e. The van der Waals surface area contributed by atoms with E-state index in [0.29, 0.717) is 43.0 Å². The smallest absolute Gasteiger partial charge is 0.322 e. The van der Waals surface area contributed by atoms with Crippen LogP contribution in [0.15, 0.2) is 48.5 Å². The molecule has 2 aromatic rings. The molecule has 130 valence electrons. The van der Waals surface area contributed by atoms with Crippen LogP contribution in [-0.2, 0) is 6.54 Å². The lowest BCUT2D eigenvalue weighted by atomic mass is 10.1. The molecule has 7 nitrogen and oxygen atoms in total. The molecule has 7 heteroatoms. The first-order valence-electron chi connectivity index (χ1n) is 7.98. The molecule has 0 saturated carbocycles. The Morgan fingerprint density at radius 2 is 1.92 bits per heavy atom. The summed E-state index contributed by atoms with van der Waals surface area (Å²) in [4.78, 5) is 25.9. The van der Waals surface area contributed by atoms with E-state index in [4.69, 9.17) is 9.94 Å². The molecule has 0 aromatic heterocycles. The Kier molecular flexibility index (Phi) is 5.15. The van der Waals surface area contributed by atoms with Crippen molar-refractivity contribution in [1.82, 2.24) is 10.4 Å². The molecule has 25 heavy (non-hydrogen) atoms. The van der Waals surface area contributed by atoms with Gasteiger partial charge in [-0.25, -0.2) is 10.3 Å². The molecule has 0 spiro atoms. The molecule has 0 bridgehead atoms. The number of hydrogen-bond acceptors (Lipinski definition) is 4. The summed E-state index contributed by atoms with van der Waals surface area (Å²) in [5, 5.41) is 11.7. The van der Waals surface area contributed by atoms with Crippen molar-refractivity contribution in [2.24, 2.45) is 0 Å². The van der Waals surface area contributed by atoms with Gasteiger partial charge in [-0.2, -0.15) is 0 Å². The number of benzene rings is 2. The summed E-state index contributed by atoms with van der Waals surface area (Å²) in [5.74, 6) is 0.0249. The van der Waals surface area contributed by atoms with Crippen LogP contribution in [0.25, 0.3) is 0 Å². The monoisotopic (exact) mass is 341 g/mol. The highest BCUT2D eigenvalue weighted by molar-refractivity contribution is 5.94. The Hall–Kier alpha value is -3.06. The number of hydrogen-bond donors (Lipinski definition) is 3. The highest BCUT2D eigenvalue weighted by Crippen LogP contribution is 2.24. The summed E-state index contributed by atoms with van der Waals surface area (Å²) < 4.78 is 5.69. The SMILES string of the molecule is O=C(NO)c1ccc2c(c1)CN(C(=O)Nc1ccccc1)CCCO2. The zero-order valence-electron chi connectivity index (χ0n) is 13.6. The first-order chi connectivity index (χ1) is 12.2. The predicted molar refractivity (Wildman–Crippen MR) is 91.7 cm³/mol. The topological polar surface area (TPSA) is 90.9 Å². The first kappa shape index (κ1) is 16.8. The maximum absolute atomic E-state index is 12.6. The van der Waals surface area contributed by atoms with Crippen LogP contribution in [0, 0.1) is 0 Å². The third kappa shape index (κ3) is 4.07. The number of rotatable bonds is 2. The number of hydroxylamine groups is 1. The summed E-state index contributed by atoms with van der Waals surface area (Å²) >= 11 is 0. The third-order valence-corrected chi connectivity index (χ3v) is 3.93. The molecule has 1 aliphatic rings. The minimum absolute atomic E-state index is 0.212. The van der Waals surface area contributed by atoms with Crippen LogP contribution in [0.3, 0.4) is 0 Å². The molecule has 0 atom stereocenters. The fraction of sp³-hybridized carbons (Fsp3) is 0.222. The maximum atomic E-state index is 12.6. The van der Waals surface area contributed by atoms with Crippen LogP contribution >= 0.6 is 0 Å². The van der Waals surface area contributed by atoms with Crippen LogP contribution in [0.2, 0.25) is 0 Å². The number of fused-ring (bicyclic) bond motifs is 1. The van der Waals surface area contributed by atoms with Crippen LogP contribution < -0.4 is 15.5 Å². The van der Waals surface area contributed by atoms with Crippen LogP contribution in [0.4, 0.5) is 10.5 Å². The lowest BCUT2D eigenvalue weighted by Gasteiger charge is -2.27. The second-order valence-corrected chi connectivity index (χ2v) is 5.68. The molecule has 3 rings (SSSR count). The maximum Gasteiger partial charge on any atom is 0.322 e. The van der Waals surface area contributed by atoms with E-state index in [1.54, 1.807) is 28.6 Å². The highest BCUT2D eigenvalue weighted by Gasteiger charge is 2.20. The highest BCUT2D eigenvalue weighted by atomic mass is 16.5. The number of amides is 3. The van der Waals surface area contributed by atoms with Gasteiger partial charge in [0.05, 0.1) is 13.2 Å². The number of nitrogens with zero attached hydrogens (tertiary/aromatic N) is 1. The third-order valence-electron chi connectivity index (χ3n) is 3.93. The lowest BCUT2D eigenvalue weighted by molar-refractivity contribution is 0.0706. The van der Waals surface area contributed by atoms with E-state index in [1.807, 2.05) is 30.3 Å². The predicted octanol–water partition coefficient (Wildman–Crippen LogP) is 2.62. The van der Waals surface area contributed by atoms with Gasteiger partial charge in [-0.3, -0.25) is 10.0 Å². The van der Waals surface area contributed by atoms with Gasteiger partial charge in [-0.1, -0.05) is 18.2 Å². The number of nitrogens with one attached hydrogen (secondary N) is 2. The van der Waals surface area contributed by atoms with Crippen molar-refractivity contribution in [3.63, 3.8) is 0 Å². The fourth-order valence-corrected chi connectivity index (χ4v) is 2.67. The van der Waals surface area contributed by atoms with Crippen molar-refractivity contribution in [1.29, 1.82) is 0 Å². The Balaban J connectivity index is 1.80. The van der Waals surface area contributed by atoms with Gasteiger partial charge in [-0.05, 0) is 36.8 Å². The average molecular weight is 341 g/mol. The van der Waals surface area contributed by atoms with E-state index in [0.717, 1.165) is 5.69 Å². The minimum atomic E-state index is -0.606. The number of anilines is 1. The molecule has 1 aliphatic heterocycles. The Bertz CT molecular complexity index is 764. The Morgan fingerprint density at radius 1 is 1.12 bits per heavy atom. The zero-order valence-corrected chi connectivity index (χ0v) is 13.6. The van der Waals surface area contributed by atoms with Gasteiger partial charge >= 0.3 is 6.03 Å². The van der Waals surface area contributed by atoms with Gasteiger partial charge in [0.25, 0.3) is 5.91 Å². The summed E-state index contributed by atoms with van der Waals surface area (Å²) in [6.45, 7) is 1.32. The van der Waals surface area contributed by atoms with E-state index >= 15 is 0 Å². The zero-order chi connectivity index (χ0) is 17.6. The molecule has 3 N–H and O–H groups in total. The second-order valence-electron chi connectivity index (χ2n) is 5.68. The van der Waals surface area contributed by atoms with Gasteiger partial charge < -0.3 is 15.0 Å². The van der Waals surface area contributed by atoms with Crippen molar-refractivity contribution in [2.45, 2.75) is 13.0 Å². The Labute approximate surface area is 145 Å². The summed E-state index contributed by atoms with van der Waals surface area (Å²) in [5.41, 5.74) is 3.34. The van der Waals surface area contributed by atoms with Crippen molar-refractivity contribution < 1.29 is 19.5 Å². The number of urea groups is 1. The standard InChI is InChI=1S/C18H19N3O4/c22-17(20-24)13-7-8-16-14(11-13)12-21(9-4-10-25-16)18(23)19-15-5-2-1-3-6-15/h1-3,5-8,11,24H,4,9-10,12H2,(H,19,23)(H,20,22). The van der Waals surface area contributed by atoms with Crippen LogP contribution in [0.5, 0.6) is 5.75 Å². The summed E-state index contributed by atoms with van der Waals surface area (Å²) in [6, 6.07) is 13.9. The normalized spacial score (nSPS) is 13.7. The number of carbonyl (C=O) groups is 2. The van der Waals surface area contributed by atoms with Gasteiger partial charge in [-0.15, -0.1) is 0 Å². The van der Waals surface area contributed by atoms with Gasteiger partial charge in [0.1, 0.15) is 5.75 Å². The average Bonchev–Trinajstić information content (AvgIpc) is 2.62. The number of ether oxygens (including phenoxy) is 1. The molecule has 1 heterocycles. The van der Waals surface area contributed by atoms with E-state index in [-0.39, 0.29) is 6.03 Å². The van der Waals surface area contributed by atoms with Crippen molar-refractivity contribution in [3.8, 4) is 5.75 Å². The van der Waals surface area contributed by atoms with E-state index in [1.165, 1.54) is 0 Å². The molecule has 0 radical (unpaired) electrons.